The van der Waals surface area contributed by atoms with Crippen LogP contribution in [0.5, 0.6) is 0 Å². The largest absolute Gasteiger partial charge is 0.416 e. The predicted molar refractivity (Wildman–Crippen MR) is 66.3 cm³/mol. The molecule has 5 heteroatoms. The average Bonchev–Trinajstić information content (AvgIpc) is 2.66. The number of halogens is 3. The second-order valence-electron chi connectivity index (χ2n) is 4.96. The monoisotopic (exact) mass is 258 g/mol. The van der Waals surface area contributed by atoms with Gasteiger partial charge in [0, 0.05) is 6.04 Å². The van der Waals surface area contributed by atoms with Crippen molar-refractivity contribution >= 4 is 11.4 Å². The van der Waals surface area contributed by atoms with Crippen molar-refractivity contribution in [1.29, 1.82) is 0 Å². The fraction of sp³-hybridized carbons (Fsp3) is 0.538. The molecule has 2 nitrogen and oxygen atoms in total. The first-order valence-electron chi connectivity index (χ1n) is 6.11. The maximum atomic E-state index is 12.5. The quantitative estimate of drug-likeness (QED) is 0.790. The van der Waals surface area contributed by atoms with Gasteiger partial charge in [-0.3, -0.25) is 0 Å². The van der Waals surface area contributed by atoms with E-state index in [0.29, 0.717) is 17.6 Å². The Bertz CT molecular complexity index is 429. The molecule has 0 aliphatic heterocycles. The predicted octanol–water partition coefficient (Wildman–Crippen LogP) is 3.89. The summed E-state index contributed by atoms with van der Waals surface area (Å²) in [6.07, 6.45) is -0.994. The molecular formula is C13H17F3N2. The van der Waals surface area contributed by atoms with Crippen molar-refractivity contribution in [1.82, 2.24) is 0 Å². The number of anilines is 2. The van der Waals surface area contributed by atoms with Crippen LogP contribution in [0.15, 0.2) is 18.2 Å². The van der Waals surface area contributed by atoms with E-state index in [0.717, 1.165) is 31.4 Å². The number of nitrogen functional groups attached to an aromatic ring is 1. The molecule has 2 unspecified atom stereocenters. The minimum atomic E-state index is -4.34. The molecule has 0 saturated heterocycles. The Labute approximate surface area is 104 Å². The lowest BCUT2D eigenvalue weighted by Gasteiger charge is -2.20. The van der Waals surface area contributed by atoms with E-state index < -0.39 is 11.7 Å². The van der Waals surface area contributed by atoms with Crippen LogP contribution in [0.25, 0.3) is 0 Å². The molecule has 0 aromatic heterocycles. The summed E-state index contributed by atoms with van der Waals surface area (Å²) in [6.45, 7) is 2.14. The molecule has 2 atom stereocenters. The third-order valence-corrected chi connectivity index (χ3v) is 3.58. The summed E-state index contributed by atoms with van der Waals surface area (Å²) in [4.78, 5) is 0. The van der Waals surface area contributed by atoms with Gasteiger partial charge in [-0.05, 0) is 37.0 Å². The van der Waals surface area contributed by atoms with Crippen LogP contribution in [0, 0.1) is 5.92 Å². The lowest BCUT2D eigenvalue weighted by atomic mass is 10.1. The number of benzene rings is 1. The molecule has 0 spiro atoms. The average molecular weight is 258 g/mol. The van der Waals surface area contributed by atoms with Crippen molar-refractivity contribution in [3.05, 3.63) is 23.8 Å². The van der Waals surface area contributed by atoms with Gasteiger partial charge >= 0.3 is 6.18 Å². The molecule has 18 heavy (non-hydrogen) atoms. The summed E-state index contributed by atoms with van der Waals surface area (Å²) < 4.78 is 37.5. The Balaban J connectivity index is 2.15. The zero-order valence-corrected chi connectivity index (χ0v) is 10.2. The van der Waals surface area contributed by atoms with Crippen molar-refractivity contribution in [2.24, 2.45) is 5.92 Å². The molecule has 1 saturated carbocycles. The highest BCUT2D eigenvalue weighted by atomic mass is 19.4. The minimum Gasteiger partial charge on any atom is -0.397 e. The van der Waals surface area contributed by atoms with E-state index in [4.69, 9.17) is 5.73 Å². The van der Waals surface area contributed by atoms with Crippen LogP contribution in [-0.4, -0.2) is 6.04 Å². The smallest absolute Gasteiger partial charge is 0.397 e. The van der Waals surface area contributed by atoms with Gasteiger partial charge in [-0.1, -0.05) is 13.3 Å². The molecule has 1 aliphatic rings. The van der Waals surface area contributed by atoms with Crippen LogP contribution in [-0.2, 0) is 6.18 Å². The molecule has 1 aromatic rings. The molecule has 0 amide bonds. The maximum absolute atomic E-state index is 12.5. The molecule has 1 aromatic carbocycles. The summed E-state index contributed by atoms with van der Waals surface area (Å²) >= 11 is 0. The Kier molecular flexibility index (Phi) is 3.41. The molecule has 100 valence electrons. The highest BCUT2D eigenvalue weighted by molar-refractivity contribution is 5.67. The van der Waals surface area contributed by atoms with Gasteiger partial charge in [0.25, 0.3) is 0 Å². The van der Waals surface area contributed by atoms with E-state index in [1.807, 2.05) is 0 Å². The van der Waals surface area contributed by atoms with Crippen molar-refractivity contribution in [2.45, 2.75) is 38.4 Å². The van der Waals surface area contributed by atoms with Crippen LogP contribution in [0.4, 0.5) is 24.5 Å². The first-order chi connectivity index (χ1) is 8.38. The van der Waals surface area contributed by atoms with Crippen molar-refractivity contribution in [3.63, 3.8) is 0 Å². The summed E-state index contributed by atoms with van der Waals surface area (Å²) in [7, 11) is 0. The van der Waals surface area contributed by atoms with Crippen molar-refractivity contribution in [3.8, 4) is 0 Å². The molecule has 1 fully saturated rings. The number of rotatable bonds is 2. The summed E-state index contributed by atoms with van der Waals surface area (Å²) in [5, 5.41) is 3.25. The summed E-state index contributed by atoms with van der Waals surface area (Å²) in [6, 6.07) is 3.78. The standard InChI is InChI=1S/C13H17F3N2/c1-8-3-2-4-11(8)18-12-6-5-9(7-10(12)17)13(14,15)16/h5-8,11,18H,2-4,17H2,1H3. The molecule has 1 aliphatic carbocycles. The molecule has 0 heterocycles. The van der Waals surface area contributed by atoms with E-state index in [2.05, 4.69) is 12.2 Å². The van der Waals surface area contributed by atoms with Gasteiger partial charge in [-0.25, -0.2) is 0 Å². The third-order valence-electron chi connectivity index (χ3n) is 3.58. The number of alkyl halides is 3. The second-order valence-corrected chi connectivity index (χ2v) is 4.96. The zero-order valence-electron chi connectivity index (χ0n) is 10.2. The SMILES string of the molecule is CC1CCCC1Nc1ccc(C(F)(F)F)cc1N. The van der Waals surface area contributed by atoms with E-state index in [-0.39, 0.29) is 5.69 Å². The highest BCUT2D eigenvalue weighted by Gasteiger charge is 2.31. The van der Waals surface area contributed by atoms with Crippen molar-refractivity contribution in [2.75, 3.05) is 11.1 Å². The van der Waals surface area contributed by atoms with Gasteiger partial charge in [-0.2, -0.15) is 13.2 Å². The highest BCUT2D eigenvalue weighted by Crippen LogP contribution is 2.34. The van der Waals surface area contributed by atoms with E-state index in [1.165, 1.54) is 6.07 Å². The fourth-order valence-corrected chi connectivity index (χ4v) is 2.43. The maximum Gasteiger partial charge on any atom is 0.416 e. The second kappa shape index (κ2) is 4.71. The van der Waals surface area contributed by atoms with Gasteiger partial charge in [0.15, 0.2) is 0 Å². The van der Waals surface area contributed by atoms with Gasteiger partial charge in [0.1, 0.15) is 0 Å². The van der Waals surface area contributed by atoms with Crippen LogP contribution in [0.1, 0.15) is 31.7 Å². The Morgan fingerprint density at radius 3 is 2.50 bits per heavy atom. The van der Waals surface area contributed by atoms with E-state index >= 15 is 0 Å². The van der Waals surface area contributed by atoms with Crippen LogP contribution in [0.2, 0.25) is 0 Å². The van der Waals surface area contributed by atoms with Gasteiger partial charge in [0.05, 0.1) is 16.9 Å². The van der Waals surface area contributed by atoms with Gasteiger partial charge in [0.2, 0.25) is 0 Å². The number of nitrogens with two attached hydrogens (primary N) is 1. The topological polar surface area (TPSA) is 38.0 Å². The van der Waals surface area contributed by atoms with Crippen LogP contribution in [0.3, 0.4) is 0 Å². The first kappa shape index (κ1) is 13.1. The molecule has 0 bridgehead atoms. The van der Waals surface area contributed by atoms with Crippen molar-refractivity contribution < 1.29 is 13.2 Å². The molecule has 2 rings (SSSR count). The van der Waals surface area contributed by atoms with E-state index in [9.17, 15) is 13.2 Å². The number of hydrogen-bond donors (Lipinski definition) is 2. The van der Waals surface area contributed by atoms with Crippen LogP contribution < -0.4 is 11.1 Å². The zero-order chi connectivity index (χ0) is 13.3. The van der Waals surface area contributed by atoms with Gasteiger partial charge in [-0.15, -0.1) is 0 Å². The molecular weight excluding hydrogens is 241 g/mol. The number of nitrogens with one attached hydrogen (secondary N) is 1. The number of hydrogen-bond acceptors (Lipinski definition) is 2. The fourth-order valence-electron chi connectivity index (χ4n) is 2.43. The molecule has 0 radical (unpaired) electrons. The Hall–Kier alpha value is -1.39. The lowest BCUT2D eigenvalue weighted by Crippen LogP contribution is -2.22. The summed E-state index contributed by atoms with van der Waals surface area (Å²) in [5.74, 6) is 0.534. The third kappa shape index (κ3) is 2.71. The molecule has 3 N–H and O–H groups in total. The Morgan fingerprint density at radius 2 is 2.00 bits per heavy atom. The first-order valence-corrected chi connectivity index (χ1v) is 6.11. The van der Waals surface area contributed by atoms with E-state index in [1.54, 1.807) is 0 Å². The lowest BCUT2D eigenvalue weighted by molar-refractivity contribution is -0.137. The normalized spacial score (nSPS) is 24.2. The summed E-state index contributed by atoms with van der Waals surface area (Å²) in [5.41, 5.74) is 5.73. The van der Waals surface area contributed by atoms with Gasteiger partial charge < -0.3 is 11.1 Å². The van der Waals surface area contributed by atoms with Crippen LogP contribution >= 0.6 is 0 Å². The Morgan fingerprint density at radius 1 is 1.28 bits per heavy atom. The minimum absolute atomic E-state index is 0.156.